The second-order valence-corrected chi connectivity index (χ2v) is 24.8. The molecule has 0 N–H and O–H groups in total. The maximum atomic E-state index is 12.9. The molecule has 0 aliphatic heterocycles. The van der Waals surface area contributed by atoms with Gasteiger partial charge in [0.15, 0.2) is 6.10 Å². The Morgan fingerprint density at radius 2 is 0.439 bits per heavy atom. The highest BCUT2D eigenvalue weighted by Gasteiger charge is 2.19. The maximum absolute atomic E-state index is 12.9. The van der Waals surface area contributed by atoms with Gasteiger partial charge in [-0.2, -0.15) is 0 Å². The molecule has 480 valence electrons. The fourth-order valence-corrected chi connectivity index (χ4v) is 11.0. The van der Waals surface area contributed by atoms with E-state index in [0.29, 0.717) is 19.3 Å². The van der Waals surface area contributed by atoms with Crippen LogP contribution >= 0.6 is 0 Å². The zero-order valence-corrected chi connectivity index (χ0v) is 55.3. The average Bonchev–Trinajstić information content (AvgIpc) is 3.47. The molecule has 0 aromatic heterocycles. The number of allylic oxidation sites excluding steroid dienone is 8. The first-order valence-corrected chi connectivity index (χ1v) is 36.6. The van der Waals surface area contributed by atoms with Gasteiger partial charge in [-0.15, -0.1) is 0 Å². The third-order valence-electron chi connectivity index (χ3n) is 16.5. The molecule has 0 fully saturated rings. The topological polar surface area (TPSA) is 78.9 Å². The zero-order valence-electron chi connectivity index (χ0n) is 55.3. The lowest BCUT2D eigenvalue weighted by atomic mass is 10.0. The van der Waals surface area contributed by atoms with Gasteiger partial charge in [-0.05, 0) is 103 Å². The second kappa shape index (κ2) is 70.9. The summed E-state index contributed by atoms with van der Waals surface area (Å²) in [6, 6.07) is 0. The molecule has 0 saturated heterocycles. The minimum Gasteiger partial charge on any atom is -0.462 e. The van der Waals surface area contributed by atoms with Crippen molar-refractivity contribution in [3.63, 3.8) is 0 Å². The summed E-state index contributed by atoms with van der Waals surface area (Å²) in [6.45, 7) is 6.66. The predicted octanol–water partition coefficient (Wildman–Crippen LogP) is 25.3. The molecule has 0 spiro atoms. The predicted molar refractivity (Wildman–Crippen MR) is 358 cm³/mol. The molecule has 0 aromatic rings. The Hall–Kier alpha value is -2.63. The highest BCUT2D eigenvalue weighted by molar-refractivity contribution is 5.71. The van der Waals surface area contributed by atoms with Gasteiger partial charge in [0.05, 0.1) is 0 Å². The number of unbranched alkanes of at least 4 members (excludes halogenated alkanes) is 49. The molecule has 0 radical (unpaired) electrons. The van der Waals surface area contributed by atoms with Gasteiger partial charge in [0.2, 0.25) is 0 Å². The maximum Gasteiger partial charge on any atom is 0.306 e. The molecule has 0 aliphatic rings. The van der Waals surface area contributed by atoms with Crippen LogP contribution in [-0.4, -0.2) is 37.2 Å². The van der Waals surface area contributed by atoms with E-state index in [1.54, 1.807) is 0 Å². The first-order valence-electron chi connectivity index (χ1n) is 36.6. The Bertz CT molecular complexity index is 1410. The highest BCUT2D eigenvalue weighted by Crippen LogP contribution is 2.18. The van der Waals surface area contributed by atoms with Gasteiger partial charge in [0, 0.05) is 19.3 Å². The summed E-state index contributed by atoms with van der Waals surface area (Å²) in [4.78, 5) is 38.4. The number of ether oxygens (including phenoxy) is 3. The average molecular weight is 1150 g/mol. The van der Waals surface area contributed by atoms with Gasteiger partial charge >= 0.3 is 17.9 Å². The van der Waals surface area contributed by atoms with Crippen LogP contribution in [0.3, 0.4) is 0 Å². The van der Waals surface area contributed by atoms with Crippen LogP contribution in [0.4, 0.5) is 0 Å². The molecule has 0 saturated carbocycles. The van der Waals surface area contributed by atoms with Crippen molar-refractivity contribution < 1.29 is 28.6 Å². The van der Waals surface area contributed by atoms with Crippen molar-refractivity contribution in [3.05, 3.63) is 48.6 Å². The minimum atomic E-state index is -0.777. The number of carbonyl (C=O) groups is 3. The van der Waals surface area contributed by atoms with Crippen LogP contribution in [0, 0.1) is 0 Å². The molecule has 0 aliphatic carbocycles. The fourth-order valence-electron chi connectivity index (χ4n) is 11.0. The minimum absolute atomic E-state index is 0.0728. The Kier molecular flexibility index (Phi) is 68.6. The van der Waals surface area contributed by atoms with E-state index in [1.165, 1.54) is 289 Å². The van der Waals surface area contributed by atoms with Gasteiger partial charge in [-0.1, -0.05) is 326 Å². The molecular weight excluding hydrogens is 1010 g/mol. The van der Waals surface area contributed by atoms with E-state index in [2.05, 4.69) is 69.4 Å². The Morgan fingerprint density at radius 1 is 0.244 bits per heavy atom. The van der Waals surface area contributed by atoms with Crippen molar-refractivity contribution in [1.82, 2.24) is 0 Å². The van der Waals surface area contributed by atoms with Crippen molar-refractivity contribution in [2.45, 2.75) is 406 Å². The van der Waals surface area contributed by atoms with Crippen molar-refractivity contribution in [2.24, 2.45) is 0 Å². The second-order valence-electron chi connectivity index (χ2n) is 24.8. The summed E-state index contributed by atoms with van der Waals surface area (Å²) in [5.74, 6) is -0.861. The van der Waals surface area contributed by atoms with Gasteiger partial charge < -0.3 is 14.2 Å². The van der Waals surface area contributed by atoms with Crippen molar-refractivity contribution in [3.8, 4) is 0 Å². The third kappa shape index (κ3) is 68.2. The SMILES string of the molecule is CCCCCC/C=C\CCCCCCCC(=O)OCC(COC(=O)CCCCCCCCCCCCCCCCCCCCCCC/C=C\C/C=C\CCCCCCC)OC(=O)CCCCCCCCC/C=C\CCCCCCCCC. The smallest absolute Gasteiger partial charge is 0.306 e. The number of esters is 3. The largest absolute Gasteiger partial charge is 0.462 e. The summed E-state index contributed by atoms with van der Waals surface area (Å²) in [6.07, 6.45) is 90.2. The first kappa shape index (κ1) is 79.4. The summed E-state index contributed by atoms with van der Waals surface area (Å²) in [7, 11) is 0. The molecule has 0 bridgehead atoms. The van der Waals surface area contributed by atoms with Crippen molar-refractivity contribution in [2.75, 3.05) is 13.2 Å². The Labute approximate surface area is 511 Å². The third-order valence-corrected chi connectivity index (χ3v) is 16.5. The van der Waals surface area contributed by atoms with Crippen LogP contribution in [0.25, 0.3) is 0 Å². The van der Waals surface area contributed by atoms with E-state index in [1.807, 2.05) is 0 Å². The molecule has 6 nitrogen and oxygen atoms in total. The van der Waals surface area contributed by atoms with Gasteiger partial charge in [0.25, 0.3) is 0 Å². The van der Waals surface area contributed by atoms with Crippen LogP contribution in [0.5, 0.6) is 0 Å². The molecule has 1 unspecified atom stereocenters. The Balaban J connectivity index is 4.13. The Morgan fingerprint density at radius 3 is 0.695 bits per heavy atom. The standard InChI is InChI=1S/C76H140O6/c1-4-7-10-13-16-19-22-25-27-29-31-32-33-34-35-36-37-38-39-40-41-42-43-44-45-47-48-51-54-57-60-63-66-69-75(78)81-72-73(71-80-74(77)68-65-62-59-56-53-50-24-21-18-15-12-9-6-3)82-76(79)70-67-64-61-58-55-52-49-46-30-28-26-23-20-17-14-11-8-5-2/h21-22,24-25,28-31,73H,4-20,23,26-27,32-72H2,1-3H3/b24-21-,25-22-,30-28-,31-29-. The number of hydrogen-bond acceptors (Lipinski definition) is 6. The quantitative estimate of drug-likeness (QED) is 0.0261. The fraction of sp³-hybridized carbons (Fsp3) is 0.855. The summed E-state index contributed by atoms with van der Waals surface area (Å²) in [5.41, 5.74) is 0. The van der Waals surface area contributed by atoms with Gasteiger partial charge in [-0.25, -0.2) is 0 Å². The molecule has 0 aromatic carbocycles. The zero-order chi connectivity index (χ0) is 59.2. The summed E-state index contributed by atoms with van der Waals surface area (Å²) < 4.78 is 17.0. The van der Waals surface area contributed by atoms with E-state index >= 15 is 0 Å². The lowest BCUT2D eigenvalue weighted by molar-refractivity contribution is -0.167. The van der Waals surface area contributed by atoms with E-state index < -0.39 is 6.10 Å². The normalized spacial score (nSPS) is 12.3. The van der Waals surface area contributed by atoms with Gasteiger partial charge in [-0.3, -0.25) is 14.4 Å². The van der Waals surface area contributed by atoms with Crippen molar-refractivity contribution in [1.29, 1.82) is 0 Å². The molecular formula is C76H140O6. The van der Waals surface area contributed by atoms with Crippen LogP contribution in [0.1, 0.15) is 400 Å². The van der Waals surface area contributed by atoms with E-state index in [4.69, 9.17) is 14.2 Å². The number of rotatable bonds is 68. The van der Waals surface area contributed by atoms with Gasteiger partial charge in [0.1, 0.15) is 13.2 Å². The number of carbonyl (C=O) groups excluding carboxylic acids is 3. The molecule has 1 atom stereocenters. The highest BCUT2D eigenvalue weighted by atomic mass is 16.6. The lowest BCUT2D eigenvalue weighted by Crippen LogP contribution is -2.30. The lowest BCUT2D eigenvalue weighted by Gasteiger charge is -2.18. The molecule has 0 amide bonds. The molecule has 0 rings (SSSR count). The molecule has 0 heterocycles. The van der Waals surface area contributed by atoms with Crippen LogP contribution in [-0.2, 0) is 28.6 Å². The first-order chi connectivity index (χ1) is 40.5. The summed E-state index contributed by atoms with van der Waals surface area (Å²) >= 11 is 0. The van der Waals surface area contributed by atoms with E-state index in [0.717, 1.165) is 70.6 Å². The summed E-state index contributed by atoms with van der Waals surface area (Å²) in [5, 5.41) is 0. The van der Waals surface area contributed by atoms with E-state index in [9.17, 15) is 14.4 Å². The van der Waals surface area contributed by atoms with Crippen LogP contribution in [0.2, 0.25) is 0 Å². The molecule has 82 heavy (non-hydrogen) atoms. The molecule has 6 heteroatoms. The van der Waals surface area contributed by atoms with Crippen molar-refractivity contribution >= 4 is 17.9 Å². The van der Waals surface area contributed by atoms with Crippen LogP contribution in [0.15, 0.2) is 48.6 Å². The van der Waals surface area contributed by atoms with Crippen LogP contribution < -0.4 is 0 Å². The number of hydrogen-bond donors (Lipinski definition) is 0. The van der Waals surface area contributed by atoms with E-state index in [-0.39, 0.29) is 31.1 Å². The monoisotopic (exact) mass is 1150 g/mol.